The van der Waals surface area contributed by atoms with Gasteiger partial charge in [0.1, 0.15) is 5.84 Å². The number of allylic oxidation sites excluding steroid dienone is 1. The standard InChI is InChI=1S/C49H35N3S2/c1-3-13-42-34(4-2)37-25-23-31-22-24-36-35(45(31)48(37)54-42)26-27-41-46(36)38-18-8-10-20-40(38)52(41)33-17-12-16-32(29-33)49(50)51-47-39-19-9-11-21-43(39)53-44(47)28-30-14-6-5-7-15-30/h3-27,29H,2,28H2,1H3,(H2,50,51)/b13-3-. The van der Waals surface area contributed by atoms with Crippen molar-refractivity contribution in [2.45, 2.75) is 13.3 Å². The summed E-state index contributed by atoms with van der Waals surface area (Å²) in [5.41, 5.74) is 14.6. The maximum absolute atomic E-state index is 6.94. The lowest BCUT2D eigenvalue weighted by Gasteiger charge is -2.11. The van der Waals surface area contributed by atoms with Gasteiger partial charge in [0.05, 0.1) is 16.7 Å². The molecule has 54 heavy (non-hydrogen) atoms. The van der Waals surface area contributed by atoms with Gasteiger partial charge in [0.15, 0.2) is 0 Å². The van der Waals surface area contributed by atoms with Gasteiger partial charge < -0.3 is 10.3 Å². The molecule has 0 atom stereocenters. The normalized spacial score (nSPS) is 12.4. The summed E-state index contributed by atoms with van der Waals surface area (Å²) in [5.74, 6) is 0.503. The number of hydrogen-bond donors (Lipinski definition) is 1. The van der Waals surface area contributed by atoms with Crippen LogP contribution in [0.5, 0.6) is 0 Å². The highest BCUT2D eigenvalue weighted by Crippen LogP contribution is 2.44. The van der Waals surface area contributed by atoms with Crippen LogP contribution in [0.1, 0.15) is 33.4 Å². The lowest BCUT2D eigenvalue weighted by molar-refractivity contribution is 1.18. The molecule has 258 valence electrons. The van der Waals surface area contributed by atoms with Crippen molar-refractivity contribution >= 4 is 110 Å². The molecule has 3 aromatic heterocycles. The van der Waals surface area contributed by atoms with E-state index in [9.17, 15) is 0 Å². The van der Waals surface area contributed by atoms with Crippen LogP contribution in [-0.4, -0.2) is 10.4 Å². The molecule has 0 saturated heterocycles. The average molecular weight is 730 g/mol. The zero-order valence-electron chi connectivity index (χ0n) is 29.7. The lowest BCUT2D eigenvalue weighted by Crippen LogP contribution is -2.13. The second-order valence-corrected chi connectivity index (χ2v) is 15.9. The first-order chi connectivity index (χ1) is 26.6. The van der Waals surface area contributed by atoms with E-state index in [1.165, 1.54) is 68.0 Å². The van der Waals surface area contributed by atoms with Crippen molar-refractivity contribution in [3.8, 4) is 5.69 Å². The van der Waals surface area contributed by atoms with E-state index in [-0.39, 0.29) is 0 Å². The number of hydrogen-bond acceptors (Lipinski definition) is 3. The molecule has 0 amide bonds. The van der Waals surface area contributed by atoms with Crippen LogP contribution in [0, 0.1) is 0 Å². The lowest BCUT2D eigenvalue weighted by atomic mass is 9.96. The topological polar surface area (TPSA) is 43.3 Å². The van der Waals surface area contributed by atoms with Crippen LogP contribution in [0.3, 0.4) is 0 Å². The van der Waals surface area contributed by atoms with Gasteiger partial charge in [0.25, 0.3) is 0 Å². The molecule has 7 aromatic carbocycles. The van der Waals surface area contributed by atoms with Gasteiger partial charge in [-0.05, 0) is 70.6 Å². The number of aliphatic imine (C=N–C) groups is 1. The second-order valence-electron chi connectivity index (χ2n) is 13.7. The molecule has 0 aliphatic rings. The summed E-state index contributed by atoms with van der Waals surface area (Å²) in [6.07, 6.45) is 7.11. The minimum absolute atomic E-state index is 0.503. The molecular weight excluding hydrogens is 695 g/mol. The molecule has 5 heteroatoms. The largest absolute Gasteiger partial charge is 0.383 e. The Morgan fingerprint density at radius 1 is 0.704 bits per heavy atom. The number of thiophene rings is 2. The summed E-state index contributed by atoms with van der Waals surface area (Å²) >= 11 is 3.64. The molecule has 10 rings (SSSR count). The van der Waals surface area contributed by atoms with E-state index in [4.69, 9.17) is 10.7 Å². The van der Waals surface area contributed by atoms with Crippen molar-refractivity contribution in [2.24, 2.45) is 10.7 Å². The number of para-hydroxylation sites is 1. The van der Waals surface area contributed by atoms with E-state index in [0.717, 1.165) is 39.8 Å². The molecule has 2 N–H and O–H groups in total. The summed E-state index contributed by atoms with van der Waals surface area (Å²) in [4.78, 5) is 7.62. The number of nitrogens with two attached hydrogens (primary N) is 1. The Hall–Kier alpha value is -6.27. The van der Waals surface area contributed by atoms with Crippen molar-refractivity contribution in [1.82, 2.24) is 4.57 Å². The number of amidine groups is 1. The first-order valence-corrected chi connectivity index (χ1v) is 19.8. The number of nitrogens with zero attached hydrogens (tertiary/aromatic N) is 2. The second kappa shape index (κ2) is 13.0. The Balaban J connectivity index is 1.15. The maximum Gasteiger partial charge on any atom is 0.131 e. The third-order valence-corrected chi connectivity index (χ3v) is 12.9. The van der Waals surface area contributed by atoms with Gasteiger partial charge in [0.2, 0.25) is 0 Å². The Morgan fingerprint density at radius 3 is 2.28 bits per heavy atom. The van der Waals surface area contributed by atoms with Gasteiger partial charge in [-0.3, -0.25) is 0 Å². The zero-order chi connectivity index (χ0) is 36.3. The molecule has 0 aliphatic heterocycles. The van der Waals surface area contributed by atoms with Gasteiger partial charge in [-0.15, -0.1) is 22.7 Å². The van der Waals surface area contributed by atoms with E-state index in [1.807, 2.05) is 17.4 Å². The molecular formula is C49H35N3S2. The molecule has 0 bridgehead atoms. The van der Waals surface area contributed by atoms with E-state index in [1.54, 1.807) is 11.3 Å². The summed E-state index contributed by atoms with van der Waals surface area (Å²) < 4.78 is 4.89. The van der Waals surface area contributed by atoms with Crippen LogP contribution in [0.25, 0.3) is 81.4 Å². The van der Waals surface area contributed by atoms with E-state index in [2.05, 4.69) is 170 Å². The van der Waals surface area contributed by atoms with E-state index < -0.39 is 0 Å². The Bertz CT molecular complexity index is 3170. The van der Waals surface area contributed by atoms with Gasteiger partial charge in [-0.25, -0.2) is 4.99 Å². The van der Waals surface area contributed by atoms with Gasteiger partial charge in [0, 0.05) is 63.8 Å². The summed E-state index contributed by atoms with van der Waals surface area (Å²) in [7, 11) is 0. The van der Waals surface area contributed by atoms with E-state index >= 15 is 0 Å². The Labute approximate surface area is 321 Å². The number of aromatic nitrogens is 1. The van der Waals surface area contributed by atoms with Gasteiger partial charge in [-0.1, -0.05) is 128 Å². The monoisotopic (exact) mass is 729 g/mol. The highest BCUT2D eigenvalue weighted by molar-refractivity contribution is 7.21. The number of fused-ring (bicyclic) bond motifs is 10. The SMILES string of the molecule is C=Cc1c(/C=C\C)sc2c1ccc1ccc3c(ccc4c3c3ccccc3n4-c3cccc(C(N)=Nc4c(Cc5ccccc5)sc5ccccc45)c3)c12. The predicted octanol–water partition coefficient (Wildman–Crippen LogP) is 13.8. The van der Waals surface area contributed by atoms with E-state index in [0.29, 0.717) is 5.84 Å². The summed E-state index contributed by atoms with van der Waals surface area (Å²) in [6.45, 7) is 6.24. The molecule has 0 aliphatic carbocycles. The van der Waals surface area contributed by atoms with Crippen LogP contribution in [0.2, 0.25) is 0 Å². The number of benzene rings is 7. The highest BCUT2D eigenvalue weighted by atomic mass is 32.1. The minimum Gasteiger partial charge on any atom is -0.383 e. The van der Waals surface area contributed by atoms with Crippen molar-refractivity contribution in [2.75, 3.05) is 0 Å². The maximum atomic E-state index is 6.94. The van der Waals surface area contributed by atoms with Crippen LogP contribution >= 0.6 is 22.7 Å². The van der Waals surface area contributed by atoms with Crippen molar-refractivity contribution in [3.05, 3.63) is 179 Å². The molecule has 0 unspecified atom stereocenters. The Kier molecular flexibility index (Phi) is 7.79. The third-order valence-electron chi connectivity index (χ3n) is 10.5. The van der Waals surface area contributed by atoms with Gasteiger partial charge >= 0.3 is 0 Å². The van der Waals surface area contributed by atoms with Crippen molar-refractivity contribution in [3.63, 3.8) is 0 Å². The summed E-state index contributed by atoms with van der Waals surface area (Å²) in [5, 5.41) is 9.91. The Morgan fingerprint density at radius 2 is 1.44 bits per heavy atom. The molecule has 0 fully saturated rings. The van der Waals surface area contributed by atoms with Crippen LogP contribution in [-0.2, 0) is 6.42 Å². The first-order valence-electron chi connectivity index (χ1n) is 18.2. The fourth-order valence-electron chi connectivity index (χ4n) is 8.14. The number of rotatable bonds is 7. The van der Waals surface area contributed by atoms with Crippen molar-refractivity contribution in [1.29, 1.82) is 0 Å². The van der Waals surface area contributed by atoms with Crippen molar-refractivity contribution < 1.29 is 0 Å². The average Bonchev–Trinajstić information content (AvgIpc) is 3.87. The quantitative estimate of drug-likeness (QED) is 0.0991. The fraction of sp³-hybridized carbons (Fsp3) is 0.0408. The molecule has 10 aromatic rings. The third kappa shape index (κ3) is 5.12. The first kappa shape index (κ1) is 32.4. The van der Waals surface area contributed by atoms with Crippen LogP contribution in [0.15, 0.2) is 157 Å². The fourth-order valence-corrected chi connectivity index (χ4v) is 10.7. The highest BCUT2D eigenvalue weighted by Gasteiger charge is 2.19. The van der Waals surface area contributed by atoms with Crippen LogP contribution in [0.4, 0.5) is 5.69 Å². The molecule has 0 radical (unpaired) electrons. The molecule has 3 heterocycles. The van der Waals surface area contributed by atoms with Crippen LogP contribution < -0.4 is 5.73 Å². The predicted molar refractivity (Wildman–Crippen MR) is 237 cm³/mol. The molecule has 0 saturated carbocycles. The summed E-state index contributed by atoms with van der Waals surface area (Å²) in [6, 6.07) is 50.0. The minimum atomic E-state index is 0.503. The smallest absolute Gasteiger partial charge is 0.131 e. The molecule has 3 nitrogen and oxygen atoms in total. The zero-order valence-corrected chi connectivity index (χ0v) is 31.3. The molecule has 0 spiro atoms. The van der Waals surface area contributed by atoms with Gasteiger partial charge in [-0.2, -0.15) is 0 Å².